The molecule has 0 saturated carbocycles. The first-order chi connectivity index (χ1) is 8.99. The van der Waals surface area contributed by atoms with E-state index in [0.29, 0.717) is 12.3 Å². The van der Waals surface area contributed by atoms with E-state index < -0.39 is 12.0 Å². The van der Waals surface area contributed by atoms with Gasteiger partial charge < -0.3 is 15.6 Å². The zero-order valence-electron chi connectivity index (χ0n) is 11.9. The van der Waals surface area contributed by atoms with Gasteiger partial charge in [-0.2, -0.15) is 11.8 Å². The number of hydrogen-bond donors (Lipinski definition) is 2. The number of carboxylic acids is 1. The van der Waals surface area contributed by atoms with Gasteiger partial charge in [-0.25, -0.2) is 0 Å². The Morgan fingerprint density at radius 2 is 2.32 bits per heavy atom. The number of nitrogens with zero attached hydrogens (tertiary/aromatic N) is 1. The summed E-state index contributed by atoms with van der Waals surface area (Å²) < 4.78 is 5.73. The van der Waals surface area contributed by atoms with E-state index in [2.05, 4.69) is 18.7 Å². The molecule has 0 spiro atoms. The molecule has 1 aliphatic rings. The van der Waals surface area contributed by atoms with Crippen LogP contribution in [0.25, 0.3) is 0 Å². The van der Waals surface area contributed by atoms with Crippen molar-refractivity contribution in [2.75, 3.05) is 37.7 Å². The van der Waals surface area contributed by atoms with Crippen LogP contribution in [0, 0.1) is 5.92 Å². The lowest BCUT2D eigenvalue weighted by molar-refractivity contribution is -0.138. The molecule has 1 saturated heterocycles. The lowest BCUT2D eigenvalue weighted by Gasteiger charge is -2.33. The van der Waals surface area contributed by atoms with Crippen molar-refractivity contribution in [1.82, 2.24) is 4.90 Å². The molecule has 0 aromatic heterocycles. The van der Waals surface area contributed by atoms with Crippen molar-refractivity contribution < 1.29 is 14.6 Å². The Hall–Kier alpha value is -0.300. The van der Waals surface area contributed by atoms with Gasteiger partial charge in [0.25, 0.3) is 0 Å². The molecule has 6 heteroatoms. The predicted octanol–water partition coefficient (Wildman–Crippen LogP) is 0.878. The molecular formula is C13H26N2O3S. The van der Waals surface area contributed by atoms with Crippen LogP contribution in [-0.2, 0) is 9.53 Å². The average Bonchev–Trinajstić information content (AvgIpc) is 2.34. The molecule has 1 rings (SSSR count). The van der Waals surface area contributed by atoms with E-state index in [9.17, 15) is 4.79 Å². The molecule has 0 radical (unpaired) electrons. The predicted molar refractivity (Wildman–Crippen MR) is 78.6 cm³/mol. The molecule has 1 aliphatic heterocycles. The van der Waals surface area contributed by atoms with E-state index in [-0.39, 0.29) is 6.10 Å². The fourth-order valence-electron chi connectivity index (χ4n) is 2.11. The lowest BCUT2D eigenvalue weighted by atomic mass is 10.2. The monoisotopic (exact) mass is 290 g/mol. The van der Waals surface area contributed by atoms with Crippen LogP contribution in [0.1, 0.15) is 20.3 Å². The minimum atomic E-state index is -0.919. The van der Waals surface area contributed by atoms with Crippen LogP contribution in [0.2, 0.25) is 0 Å². The van der Waals surface area contributed by atoms with Crippen molar-refractivity contribution in [3.8, 4) is 0 Å². The normalized spacial score (nSPS) is 22.6. The van der Waals surface area contributed by atoms with Crippen molar-refractivity contribution in [2.45, 2.75) is 32.4 Å². The zero-order valence-corrected chi connectivity index (χ0v) is 12.7. The lowest BCUT2D eigenvalue weighted by Crippen LogP contribution is -2.44. The minimum Gasteiger partial charge on any atom is -0.480 e. The molecule has 2 unspecified atom stereocenters. The molecule has 5 nitrogen and oxygen atoms in total. The minimum absolute atomic E-state index is 0.263. The van der Waals surface area contributed by atoms with Gasteiger partial charge >= 0.3 is 5.97 Å². The molecule has 112 valence electrons. The Bertz CT molecular complexity index is 277. The van der Waals surface area contributed by atoms with Crippen molar-refractivity contribution in [3.05, 3.63) is 0 Å². The number of aliphatic carboxylic acids is 1. The van der Waals surface area contributed by atoms with Crippen LogP contribution in [0.5, 0.6) is 0 Å². The molecule has 3 N–H and O–H groups in total. The molecule has 0 amide bonds. The second-order valence-corrected chi connectivity index (χ2v) is 6.60. The topological polar surface area (TPSA) is 75.8 Å². The number of carboxylic acid groups (broad SMARTS) is 1. The van der Waals surface area contributed by atoms with Crippen LogP contribution in [0.4, 0.5) is 0 Å². The fourth-order valence-corrected chi connectivity index (χ4v) is 3.16. The van der Waals surface area contributed by atoms with Gasteiger partial charge in [-0.15, -0.1) is 0 Å². The first-order valence-electron chi connectivity index (χ1n) is 6.89. The number of thioether (sulfide) groups is 1. The summed E-state index contributed by atoms with van der Waals surface area (Å²) in [7, 11) is 0. The number of hydrogen-bond acceptors (Lipinski definition) is 5. The first-order valence-corrected chi connectivity index (χ1v) is 8.04. The summed E-state index contributed by atoms with van der Waals surface area (Å²) in [6, 6.07) is -0.739. The van der Waals surface area contributed by atoms with Crippen molar-refractivity contribution >= 4 is 17.7 Å². The third-order valence-corrected chi connectivity index (χ3v) is 4.17. The molecule has 0 aromatic rings. The maximum absolute atomic E-state index is 10.6. The van der Waals surface area contributed by atoms with E-state index >= 15 is 0 Å². The van der Waals surface area contributed by atoms with E-state index in [1.54, 1.807) is 11.8 Å². The number of carbonyl (C=O) groups is 1. The quantitative estimate of drug-likeness (QED) is 0.646. The van der Waals surface area contributed by atoms with Crippen LogP contribution in [0.15, 0.2) is 0 Å². The van der Waals surface area contributed by atoms with Crippen molar-refractivity contribution in [1.29, 1.82) is 0 Å². The largest absolute Gasteiger partial charge is 0.480 e. The van der Waals surface area contributed by atoms with Gasteiger partial charge in [0, 0.05) is 25.4 Å². The molecule has 1 fully saturated rings. The summed E-state index contributed by atoms with van der Waals surface area (Å²) in [6.07, 6.45) is 0.779. The Morgan fingerprint density at radius 1 is 1.58 bits per heavy atom. The summed E-state index contributed by atoms with van der Waals surface area (Å²) in [6.45, 7) is 8.37. The second-order valence-electron chi connectivity index (χ2n) is 5.45. The molecule has 1 heterocycles. The highest BCUT2D eigenvalue weighted by molar-refractivity contribution is 7.99. The number of ether oxygens (including phenoxy) is 1. The summed E-state index contributed by atoms with van der Waals surface area (Å²) >= 11 is 1.73. The first kappa shape index (κ1) is 16.8. The molecule has 0 aliphatic carbocycles. The Morgan fingerprint density at radius 3 is 2.95 bits per heavy atom. The van der Waals surface area contributed by atoms with Crippen LogP contribution in [0.3, 0.4) is 0 Å². The van der Waals surface area contributed by atoms with Gasteiger partial charge in [0.2, 0.25) is 0 Å². The Labute approximate surface area is 119 Å². The highest BCUT2D eigenvalue weighted by Crippen LogP contribution is 2.14. The van der Waals surface area contributed by atoms with Crippen LogP contribution < -0.4 is 5.73 Å². The van der Waals surface area contributed by atoms with Crippen molar-refractivity contribution in [2.24, 2.45) is 11.7 Å². The highest BCUT2D eigenvalue weighted by atomic mass is 32.2. The van der Waals surface area contributed by atoms with Gasteiger partial charge in [-0.3, -0.25) is 9.69 Å². The van der Waals surface area contributed by atoms with Gasteiger partial charge in [0.05, 0.1) is 12.7 Å². The number of rotatable bonds is 8. The van der Waals surface area contributed by atoms with Crippen molar-refractivity contribution in [3.63, 3.8) is 0 Å². The average molecular weight is 290 g/mol. The van der Waals surface area contributed by atoms with Gasteiger partial charge in [-0.05, 0) is 18.1 Å². The summed E-state index contributed by atoms with van der Waals surface area (Å²) in [5.41, 5.74) is 5.46. The third kappa shape index (κ3) is 7.15. The van der Waals surface area contributed by atoms with Gasteiger partial charge in [0.1, 0.15) is 6.04 Å². The Balaban J connectivity index is 2.13. The van der Waals surface area contributed by atoms with Crippen LogP contribution >= 0.6 is 11.8 Å². The van der Waals surface area contributed by atoms with E-state index in [0.717, 1.165) is 37.7 Å². The SMILES string of the molecule is CC(C)CN1CCOC(CSCCC(N)C(=O)O)C1. The molecular weight excluding hydrogens is 264 g/mol. The van der Waals surface area contributed by atoms with Crippen LogP contribution in [-0.4, -0.2) is 65.9 Å². The van der Waals surface area contributed by atoms with E-state index in [1.165, 1.54) is 0 Å². The second kappa shape index (κ2) is 8.79. The number of morpholine rings is 1. The van der Waals surface area contributed by atoms with E-state index in [1.807, 2.05) is 0 Å². The van der Waals surface area contributed by atoms with Gasteiger partial charge in [0.15, 0.2) is 0 Å². The summed E-state index contributed by atoms with van der Waals surface area (Å²) in [5, 5.41) is 8.68. The fraction of sp³-hybridized carbons (Fsp3) is 0.923. The Kier molecular flexibility index (Phi) is 7.75. The maximum atomic E-state index is 10.6. The van der Waals surface area contributed by atoms with Gasteiger partial charge in [-0.1, -0.05) is 13.8 Å². The zero-order chi connectivity index (χ0) is 14.3. The summed E-state index contributed by atoms with van der Waals surface area (Å²) in [5.74, 6) is 1.45. The molecule has 19 heavy (non-hydrogen) atoms. The maximum Gasteiger partial charge on any atom is 0.320 e. The molecule has 0 bridgehead atoms. The third-order valence-electron chi connectivity index (χ3n) is 3.04. The molecule has 2 atom stereocenters. The highest BCUT2D eigenvalue weighted by Gasteiger charge is 2.21. The smallest absolute Gasteiger partial charge is 0.320 e. The summed E-state index contributed by atoms with van der Waals surface area (Å²) in [4.78, 5) is 13.0. The number of nitrogens with two attached hydrogens (primary N) is 1. The van der Waals surface area contributed by atoms with E-state index in [4.69, 9.17) is 15.6 Å². The molecule has 0 aromatic carbocycles. The standard InChI is InChI=1S/C13H26N2O3S/c1-10(2)7-15-4-5-18-11(8-15)9-19-6-3-12(14)13(16)17/h10-12H,3-9,14H2,1-2H3,(H,16,17).